The molecule has 0 saturated heterocycles. The van der Waals surface area contributed by atoms with Crippen LogP contribution in [0.1, 0.15) is 18.1 Å². The van der Waals surface area contributed by atoms with Crippen molar-refractivity contribution in [3.63, 3.8) is 0 Å². The van der Waals surface area contributed by atoms with Crippen molar-refractivity contribution in [1.29, 1.82) is 0 Å². The Bertz CT molecular complexity index is 1330. The average molecular weight is 456 g/mol. The van der Waals surface area contributed by atoms with Crippen molar-refractivity contribution >= 4 is 38.7 Å². The predicted molar refractivity (Wildman–Crippen MR) is 117 cm³/mol. The number of nitrogens with zero attached hydrogens (tertiary/aromatic N) is 3. The van der Waals surface area contributed by atoms with Crippen LogP contribution in [0.2, 0.25) is 0 Å². The second-order valence-electron chi connectivity index (χ2n) is 6.65. The van der Waals surface area contributed by atoms with Crippen LogP contribution in [0.25, 0.3) is 27.6 Å². The Kier molecular flexibility index (Phi) is 5.62. The minimum Gasteiger partial charge on any atom is -0.437 e. The smallest absolute Gasteiger partial charge is 0.416 e. The van der Waals surface area contributed by atoms with Crippen LogP contribution in [0.4, 0.5) is 18.3 Å². The van der Waals surface area contributed by atoms with Crippen molar-refractivity contribution in [2.24, 2.45) is 0 Å². The molecule has 2 aromatic carbocycles. The lowest BCUT2D eigenvalue weighted by atomic mass is 10.0. The third-order valence-corrected chi connectivity index (χ3v) is 5.33. The number of para-hydroxylation sites is 1. The monoisotopic (exact) mass is 456 g/mol. The molecule has 0 saturated carbocycles. The molecule has 1 N–H and O–H groups in total. The van der Waals surface area contributed by atoms with Gasteiger partial charge < -0.3 is 10.1 Å². The topological polar surface area (TPSA) is 77.0 Å². The molecular formula is C22H15F3N4O2S. The van der Waals surface area contributed by atoms with Gasteiger partial charge in [0.25, 0.3) is 0 Å². The fraction of sp³-hybridized carbons (Fsp3) is 0.0909. The lowest BCUT2D eigenvalue weighted by Gasteiger charge is -2.12. The van der Waals surface area contributed by atoms with E-state index in [1.807, 2.05) is 6.07 Å². The summed E-state index contributed by atoms with van der Waals surface area (Å²) in [6, 6.07) is 10.2. The Morgan fingerprint density at radius 1 is 1.19 bits per heavy atom. The average Bonchev–Trinajstić information content (AvgIpc) is 3.15. The van der Waals surface area contributed by atoms with E-state index in [9.17, 15) is 18.0 Å². The molecule has 0 aliphatic heterocycles. The molecule has 0 bridgehead atoms. The van der Waals surface area contributed by atoms with Crippen LogP contribution in [0.3, 0.4) is 0 Å². The molecule has 0 fully saturated rings. The fourth-order valence-electron chi connectivity index (χ4n) is 3.01. The van der Waals surface area contributed by atoms with Crippen molar-refractivity contribution in [2.75, 3.05) is 5.32 Å². The molecule has 32 heavy (non-hydrogen) atoms. The summed E-state index contributed by atoms with van der Waals surface area (Å²) in [5.41, 5.74) is 0.892. The largest absolute Gasteiger partial charge is 0.437 e. The number of hydrogen-bond donors (Lipinski definition) is 1. The Hall–Kier alpha value is -3.79. The highest BCUT2D eigenvalue weighted by Crippen LogP contribution is 2.36. The third kappa shape index (κ3) is 4.45. The van der Waals surface area contributed by atoms with Crippen LogP contribution in [-0.4, -0.2) is 20.9 Å². The van der Waals surface area contributed by atoms with Crippen molar-refractivity contribution in [2.45, 2.75) is 13.1 Å². The van der Waals surface area contributed by atoms with Gasteiger partial charge >= 0.3 is 6.18 Å². The van der Waals surface area contributed by atoms with E-state index in [1.54, 1.807) is 12.1 Å². The first-order valence-electron chi connectivity index (χ1n) is 9.25. The zero-order valence-electron chi connectivity index (χ0n) is 16.6. The molecule has 0 spiro atoms. The van der Waals surface area contributed by atoms with E-state index in [2.05, 4.69) is 26.8 Å². The van der Waals surface area contributed by atoms with Crippen LogP contribution in [-0.2, 0) is 11.0 Å². The van der Waals surface area contributed by atoms with Crippen LogP contribution < -0.4 is 10.1 Å². The highest BCUT2D eigenvalue weighted by molar-refractivity contribution is 7.22. The number of ether oxygens (including phenoxy) is 1. The number of thiazole rings is 1. The summed E-state index contributed by atoms with van der Waals surface area (Å²) >= 11 is 1.30. The second kappa shape index (κ2) is 8.39. The molecule has 0 atom stereocenters. The van der Waals surface area contributed by atoms with Crippen molar-refractivity contribution in [1.82, 2.24) is 15.0 Å². The van der Waals surface area contributed by atoms with Gasteiger partial charge in [-0.15, -0.1) is 0 Å². The summed E-state index contributed by atoms with van der Waals surface area (Å²) in [5, 5.41) is 3.08. The fourth-order valence-corrected chi connectivity index (χ4v) is 3.94. The Morgan fingerprint density at radius 2 is 2.00 bits per heavy atom. The number of hydrogen-bond acceptors (Lipinski definition) is 6. The molecule has 4 rings (SSSR count). The number of anilines is 1. The third-order valence-electron chi connectivity index (χ3n) is 4.40. The van der Waals surface area contributed by atoms with Crippen LogP contribution in [0.5, 0.6) is 11.6 Å². The molecule has 0 aliphatic carbocycles. The molecule has 4 aromatic rings. The van der Waals surface area contributed by atoms with Crippen molar-refractivity contribution in [3.8, 4) is 22.9 Å². The zero-order valence-corrected chi connectivity index (χ0v) is 17.4. The van der Waals surface area contributed by atoms with Gasteiger partial charge in [-0.1, -0.05) is 36.1 Å². The van der Waals surface area contributed by atoms with E-state index < -0.39 is 11.7 Å². The van der Waals surface area contributed by atoms with Gasteiger partial charge in [-0.05, 0) is 29.8 Å². The normalized spacial score (nSPS) is 11.4. The number of carbonyl (C=O) groups is 1. The number of fused-ring (bicyclic) bond motifs is 1. The van der Waals surface area contributed by atoms with Gasteiger partial charge in [0.1, 0.15) is 11.8 Å². The van der Waals surface area contributed by atoms with E-state index in [0.29, 0.717) is 27.7 Å². The first-order valence-corrected chi connectivity index (χ1v) is 10.1. The number of benzene rings is 2. The lowest BCUT2D eigenvalue weighted by Crippen LogP contribution is -2.05. The summed E-state index contributed by atoms with van der Waals surface area (Å²) in [7, 11) is 0. The Balaban J connectivity index is 1.68. The second-order valence-corrected chi connectivity index (χ2v) is 7.68. The van der Waals surface area contributed by atoms with E-state index in [-0.39, 0.29) is 17.4 Å². The minimum absolute atomic E-state index is 0.187. The van der Waals surface area contributed by atoms with Gasteiger partial charge in [-0.3, -0.25) is 4.79 Å². The van der Waals surface area contributed by atoms with Crippen LogP contribution >= 0.6 is 11.3 Å². The van der Waals surface area contributed by atoms with Crippen molar-refractivity contribution < 1.29 is 22.7 Å². The number of amides is 1. The van der Waals surface area contributed by atoms with Gasteiger partial charge in [-0.25, -0.2) is 15.0 Å². The molecule has 6 nitrogen and oxygen atoms in total. The van der Waals surface area contributed by atoms with E-state index >= 15 is 0 Å². The Morgan fingerprint density at radius 3 is 2.72 bits per heavy atom. The quantitative estimate of drug-likeness (QED) is 0.389. The summed E-state index contributed by atoms with van der Waals surface area (Å²) < 4.78 is 45.8. The number of rotatable bonds is 5. The number of aromatic nitrogens is 3. The summed E-state index contributed by atoms with van der Waals surface area (Å²) in [4.78, 5) is 24.0. The van der Waals surface area contributed by atoms with E-state index in [0.717, 1.165) is 16.8 Å². The minimum atomic E-state index is -4.46. The molecule has 162 valence electrons. The SMILES string of the molecule is C=Cc1cc(C(F)(F)F)ccc1-c1cc(Oc2cccc3sc(NC(C)=O)nc23)ncn1. The highest BCUT2D eigenvalue weighted by Gasteiger charge is 2.31. The van der Waals surface area contributed by atoms with Crippen LogP contribution in [0, 0.1) is 0 Å². The summed E-state index contributed by atoms with van der Waals surface area (Å²) in [6.45, 7) is 5.00. The zero-order chi connectivity index (χ0) is 22.9. The first kappa shape index (κ1) is 21.4. The predicted octanol–water partition coefficient (Wildman–Crippen LogP) is 6.17. The first-order chi connectivity index (χ1) is 15.2. The van der Waals surface area contributed by atoms with Crippen molar-refractivity contribution in [3.05, 3.63) is 66.5 Å². The standard InChI is InChI=1S/C22H15F3N4O2S/c1-3-13-9-14(22(23,24)25)7-8-15(13)16-10-19(27-11-26-16)31-17-5-4-6-18-20(17)29-21(32-18)28-12(2)30/h3-11H,1H2,2H3,(H,28,29,30). The van der Waals surface area contributed by atoms with Gasteiger partial charge in [0, 0.05) is 18.6 Å². The van der Waals surface area contributed by atoms with Gasteiger partial charge in [0.05, 0.1) is 16.0 Å². The number of alkyl halides is 3. The molecule has 0 unspecified atom stereocenters. The summed E-state index contributed by atoms with van der Waals surface area (Å²) in [6.07, 6.45) is -1.86. The molecular weight excluding hydrogens is 441 g/mol. The highest BCUT2D eigenvalue weighted by atomic mass is 32.1. The van der Waals surface area contributed by atoms with Gasteiger partial charge in [-0.2, -0.15) is 13.2 Å². The maximum Gasteiger partial charge on any atom is 0.416 e. The maximum atomic E-state index is 13.0. The van der Waals surface area contributed by atoms with E-state index in [1.165, 1.54) is 42.8 Å². The number of halogens is 3. The molecule has 2 aromatic heterocycles. The number of carbonyl (C=O) groups excluding carboxylic acids is 1. The Labute approximate surface area is 184 Å². The van der Waals surface area contributed by atoms with E-state index in [4.69, 9.17) is 4.74 Å². The molecule has 2 heterocycles. The molecule has 0 aliphatic rings. The van der Waals surface area contributed by atoms with Gasteiger partial charge in [0.2, 0.25) is 11.8 Å². The molecule has 0 radical (unpaired) electrons. The molecule has 1 amide bonds. The van der Waals surface area contributed by atoms with Crippen LogP contribution in [0.15, 0.2) is 55.4 Å². The van der Waals surface area contributed by atoms with Gasteiger partial charge in [0.15, 0.2) is 10.9 Å². The summed E-state index contributed by atoms with van der Waals surface area (Å²) in [5.74, 6) is 0.365. The maximum absolute atomic E-state index is 13.0. The molecule has 10 heteroatoms. The number of nitrogens with one attached hydrogen (secondary N) is 1. The lowest BCUT2D eigenvalue weighted by molar-refractivity contribution is -0.137.